The van der Waals surface area contributed by atoms with Crippen LogP contribution in [0.2, 0.25) is 0 Å². The number of aromatic nitrogens is 1. The van der Waals surface area contributed by atoms with Crippen molar-refractivity contribution in [3.8, 4) is 0 Å². The molecule has 1 aromatic rings. The Bertz CT molecular complexity index is 242. The SMILES string of the molecule is c1cc(CNCCOCC2CC2)c[nH]1. The summed E-state index contributed by atoms with van der Waals surface area (Å²) < 4.78 is 5.51. The van der Waals surface area contributed by atoms with Crippen molar-refractivity contribution in [3.63, 3.8) is 0 Å². The van der Waals surface area contributed by atoms with E-state index in [1.54, 1.807) is 0 Å². The Kier molecular flexibility index (Phi) is 3.60. The van der Waals surface area contributed by atoms with Crippen LogP contribution in [-0.4, -0.2) is 24.7 Å². The number of hydrogen-bond acceptors (Lipinski definition) is 2. The molecule has 1 fully saturated rings. The second-order valence-corrected chi connectivity index (χ2v) is 3.91. The molecule has 0 amide bonds. The summed E-state index contributed by atoms with van der Waals surface area (Å²) in [5.41, 5.74) is 1.30. The van der Waals surface area contributed by atoms with Crippen molar-refractivity contribution in [2.75, 3.05) is 19.8 Å². The summed E-state index contributed by atoms with van der Waals surface area (Å²) in [6, 6.07) is 2.08. The van der Waals surface area contributed by atoms with Gasteiger partial charge in [0.1, 0.15) is 0 Å². The fourth-order valence-corrected chi connectivity index (χ4v) is 1.38. The maximum absolute atomic E-state index is 5.51. The molecule has 1 aromatic heterocycles. The van der Waals surface area contributed by atoms with Crippen LogP contribution < -0.4 is 5.32 Å². The van der Waals surface area contributed by atoms with E-state index in [0.29, 0.717) is 0 Å². The van der Waals surface area contributed by atoms with E-state index in [9.17, 15) is 0 Å². The molecule has 0 radical (unpaired) electrons. The van der Waals surface area contributed by atoms with Crippen molar-refractivity contribution in [1.82, 2.24) is 10.3 Å². The minimum absolute atomic E-state index is 0.834. The van der Waals surface area contributed by atoms with Crippen LogP contribution in [0, 0.1) is 5.92 Å². The highest BCUT2D eigenvalue weighted by atomic mass is 16.5. The summed E-state index contributed by atoms with van der Waals surface area (Å²) in [7, 11) is 0. The lowest BCUT2D eigenvalue weighted by Gasteiger charge is -2.04. The molecule has 3 heteroatoms. The summed E-state index contributed by atoms with van der Waals surface area (Å²) in [6.45, 7) is 3.67. The van der Waals surface area contributed by atoms with Gasteiger partial charge >= 0.3 is 0 Å². The monoisotopic (exact) mass is 194 g/mol. The summed E-state index contributed by atoms with van der Waals surface area (Å²) in [6.07, 6.45) is 6.70. The zero-order valence-electron chi connectivity index (χ0n) is 8.46. The summed E-state index contributed by atoms with van der Waals surface area (Å²) in [4.78, 5) is 3.03. The first-order valence-corrected chi connectivity index (χ1v) is 5.35. The highest BCUT2D eigenvalue weighted by Gasteiger charge is 2.20. The van der Waals surface area contributed by atoms with E-state index in [0.717, 1.165) is 32.2 Å². The lowest BCUT2D eigenvalue weighted by molar-refractivity contribution is 0.126. The molecule has 0 aliphatic heterocycles. The number of aromatic amines is 1. The molecule has 1 aliphatic rings. The maximum Gasteiger partial charge on any atom is 0.0591 e. The van der Waals surface area contributed by atoms with Crippen LogP contribution in [0.25, 0.3) is 0 Å². The molecule has 14 heavy (non-hydrogen) atoms. The summed E-state index contributed by atoms with van der Waals surface area (Å²) >= 11 is 0. The Morgan fingerprint density at radius 3 is 3.14 bits per heavy atom. The van der Waals surface area contributed by atoms with Gasteiger partial charge in [0.05, 0.1) is 6.61 Å². The van der Waals surface area contributed by atoms with E-state index in [2.05, 4.69) is 16.4 Å². The van der Waals surface area contributed by atoms with Crippen molar-refractivity contribution in [3.05, 3.63) is 24.0 Å². The lowest BCUT2D eigenvalue weighted by atomic mass is 10.3. The molecule has 0 saturated heterocycles. The van der Waals surface area contributed by atoms with Crippen molar-refractivity contribution in [2.45, 2.75) is 19.4 Å². The molecule has 0 spiro atoms. The number of H-pyrrole nitrogens is 1. The minimum Gasteiger partial charge on any atom is -0.380 e. The first-order valence-electron chi connectivity index (χ1n) is 5.35. The van der Waals surface area contributed by atoms with Gasteiger partial charge in [0.25, 0.3) is 0 Å². The fraction of sp³-hybridized carbons (Fsp3) is 0.636. The Morgan fingerprint density at radius 1 is 1.50 bits per heavy atom. The third-order valence-corrected chi connectivity index (χ3v) is 2.47. The van der Waals surface area contributed by atoms with Crippen LogP contribution in [0.1, 0.15) is 18.4 Å². The molecule has 1 aliphatic carbocycles. The van der Waals surface area contributed by atoms with Gasteiger partial charge in [-0.15, -0.1) is 0 Å². The molecule has 0 unspecified atom stereocenters. The summed E-state index contributed by atoms with van der Waals surface area (Å²) in [5, 5.41) is 3.34. The first kappa shape index (κ1) is 9.74. The molecule has 0 aromatic carbocycles. The Labute approximate surface area is 84.9 Å². The van der Waals surface area contributed by atoms with E-state index in [1.807, 2.05) is 12.4 Å². The maximum atomic E-state index is 5.51. The second-order valence-electron chi connectivity index (χ2n) is 3.91. The van der Waals surface area contributed by atoms with Crippen LogP contribution >= 0.6 is 0 Å². The molecule has 3 nitrogen and oxygen atoms in total. The third kappa shape index (κ3) is 3.52. The van der Waals surface area contributed by atoms with Crippen molar-refractivity contribution < 1.29 is 4.74 Å². The van der Waals surface area contributed by atoms with Gasteiger partial charge in [0.15, 0.2) is 0 Å². The van der Waals surface area contributed by atoms with Gasteiger partial charge in [0, 0.05) is 32.1 Å². The van der Waals surface area contributed by atoms with Gasteiger partial charge in [-0.25, -0.2) is 0 Å². The van der Waals surface area contributed by atoms with Gasteiger partial charge in [-0.2, -0.15) is 0 Å². The fourth-order valence-electron chi connectivity index (χ4n) is 1.38. The topological polar surface area (TPSA) is 37.0 Å². The number of nitrogens with one attached hydrogen (secondary N) is 2. The van der Waals surface area contributed by atoms with E-state index < -0.39 is 0 Å². The zero-order chi connectivity index (χ0) is 9.64. The largest absolute Gasteiger partial charge is 0.380 e. The van der Waals surface area contributed by atoms with E-state index in [1.165, 1.54) is 18.4 Å². The number of rotatable bonds is 7. The number of hydrogen-bond donors (Lipinski definition) is 2. The van der Waals surface area contributed by atoms with Crippen LogP contribution in [0.5, 0.6) is 0 Å². The lowest BCUT2D eigenvalue weighted by Crippen LogP contribution is -2.19. The van der Waals surface area contributed by atoms with Gasteiger partial charge in [0.2, 0.25) is 0 Å². The van der Waals surface area contributed by atoms with Crippen molar-refractivity contribution in [2.24, 2.45) is 5.92 Å². The molecule has 2 rings (SSSR count). The highest BCUT2D eigenvalue weighted by Crippen LogP contribution is 2.28. The normalized spacial score (nSPS) is 16.0. The predicted octanol–water partition coefficient (Wildman–Crippen LogP) is 1.53. The van der Waals surface area contributed by atoms with Crippen LogP contribution in [-0.2, 0) is 11.3 Å². The van der Waals surface area contributed by atoms with Gasteiger partial charge < -0.3 is 15.0 Å². The van der Waals surface area contributed by atoms with E-state index in [4.69, 9.17) is 4.74 Å². The molecule has 1 saturated carbocycles. The smallest absolute Gasteiger partial charge is 0.0591 e. The minimum atomic E-state index is 0.834. The van der Waals surface area contributed by atoms with Crippen LogP contribution in [0.15, 0.2) is 18.5 Å². The van der Waals surface area contributed by atoms with Crippen molar-refractivity contribution in [1.29, 1.82) is 0 Å². The van der Waals surface area contributed by atoms with Gasteiger partial charge in [-0.05, 0) is 30.4 Å². The molecular weight excluding hydrogens is 176 g/mol. The second kappa shape index (κ2) is 5.17. The predicted molar refractivity (Wildman–Crippen MR) is 56.0 cm³/mol. The third-order valence-electron chi connectivity index (χ3n) is 2.47. The highest BCUT2D eigenvalue weighted by molar-refractivity contribution is 5.07. The Balaban J connectivity index is 1.43. The van der Waals surface area contributed by atoms with Crippen LogP contribution in [0.3, 0.4) is 0 Å². The van der Waals surface area contributed by atoms with Gasteiger partial charge in [-0.1, -0.05) is 0 Å². The molecular formula is C11H18N2O. The summed E-state index contributed by atoms with van der Waals surface area (Å²) in [5.74, 6) is 0.875. The van der Waals surface area contributed by atoms with Gasteiger partial charge in [-0.3, -0.25) is 0 Å². The molecule has 0 atom stereocenters. The number of ether oxygens (including phenoxy) is 1. The quantitative estimate of drug-likeness (QED) is 0.646. The molecule has 78 valence electrons. The average Bonchev–Trinajstić information content (AvgIpc) is 2.87. The standard InChI is InChI=1S/C11H18N2O/c1-2-10(1)9-14-6-5-13-8-11-3-4-12-7-11/h3-4,7,10,12-13H,1-2,5-6,8-9H2. The zero-order valence-corrected chi connectivity index (χ0v) is 8.46. The Morgan fingerprint density at radius 2 is 2.43 bits per heavy atom. The molecule has 2 N–H and O–H groups in total. The van der Waals surface area contributed by atoms with Crippen molar-refractivity contribution >= 4 is 0 Å². The molecule has 0 bridgehead atoms. The Hall–Kier alpha value is -0.800. The average molecular weight is 194 g/mol. The van der Waals surface area contributed by atoms with E-state index in [-0.39, 0.29) is 0 Å². The van der Waals surface area contributed by atoms with E-state index >= 15 is 0 Å². The van der Waals surface area contributed by atoms with Crippen LogP contribution in [0.4, 0.5) is 0 Å². The first-order chi connectivity index (χ1) is 6.95. The molecule has 1 heterocycles.